The van der Waals surface area contributed by atoms with Crippen LogP contribution in [0.3, 0.4) is 0 Å². The molecule has 8 nitrogen and oxygen atoms in total. The number of carbonyl (C=O) groups excluding carboxylic acids is 2. The van der Waals surface area contributed by atoms with Crippen molar-refractivity contribution >= 4 is 62.2 Å². The Kier molecular flexibility index (Phi) is 6.55. The van der Waals surface area contributed by atoms with E-state index in [9.17, 15) is 18.2 Å². The first-order valence-corrected chi connectivity index (χ1v) is 11.2. The molecule has 3 rings (SSSR count). The van der Waals surface area contributed by atoms with Gasteiger partial charge in [0.25, 0.3) is 5.91 Å². The monoisotopic (exact) mass is 456 g/mol. The summed E-state index contributed by atoms with van der Waals surface area (Å²) in [5.41, 5.74) is 0.0776. The average Bonchev–Trinajstić information content (AvgIpc) is 3.26. The molecule has 1 aromatic heterocycles. The largest absolute Gasteiger partial charge is 0.442 e. The summed E-state index contributed by atoms with van der Waals surface area (Å²) in [6, 6.07) is 3.85. The number of amides is 2. The number of thiazole rings is 1. The lowest BCUT2D eigenvalue weighted by molar-refractivity contribution is 0.102. The molecule has 2 amide bonds. The molecule has 0 spiro atoms. The third kappa shape index (κ3) is 5.14. The number of cyclic esters (lactones) is 1. The van der Waals surface area contributed by atoms with E-state index in [4.69, 9.17) is 17.0 Å². The average molecular weight is 457 g/mol. The summed E-state index contributed by atoms with van der Waals surface area (Å²) < 4.78 is 31.7. The summed E-state index contributed by atoms with van der Waals surface area (Å²) in [7, 11) is -1.22. The zero-order valence-corrected chi connectivity index (χ0v) is 17.9. The first-order valence-electron chi connectivity index (χ1n) is 8.37. The Bertz CT molecular complexity index is 997. The molecule has 1 fully saturated rings. The second kappa shape index (κ2) is 8.93. The molecule has 1 saturated heterocycles. The van der Waals surface area contributed by atoms with Crippen molar-refractivity contribution in [2.75, 3.05) is 29.6 Å². The number of aromatic nitrogens is 1. The summed E-state index contributed by atoms with van der Waals surface area (Å²) >= 11 is 5.98. The van der Waals surface area contributed by atoms with Crippen LogP contribution in [0.15, 0.2) is 28.6 Å². The van der Waals surface area contributed by atoms with Gasteiger partial charge < -0.3 is 10.1 Å². The van der Waals surface area contributed by atoms with Gasteiger partial charge in [0.05, 0.1) is 46.3 Å². The Morgan fingerprint density at radius 2 is 2.28 bits per heavy atom. The second-order valence-corrected chi connectivity index (χ2v) is 9.36. The van der Waals surface area contributed by atoms with Gasteiger partial charge in [-0.3, -0.25) is 19.2 Å². The van der Waals surface area contributed by atoms with Crippen molar-refractivity contribution in [2.24, 2.45) is 0 Å². The van der Waals surface area contributed by atoms with Gasteiger partial charge >= 0.3 is 6.09 Å². The van der Waals surface area contributed by atoms with Gasteiger partial charge in [-0.2, -0.15) is 0 Å². The highest BCUT2D eigenvalue weighted by Gasteiger charge is 2.32. The van der Waals surface area contributed by atoms with E-state index < -0.39 is 34.7 Å². The predicted octanol–water partition coefficient (Wildman–Crippen LogP) is 2.53. The SMILES string of the molecule is CC(=S)NC[C@H]1CN(c2ccc(C(=O)Nc3ncc(S(C)=O)s3)c(F)c2)C(=O)O1. The van der Waals surface area contributed by atoms with E-state index in [-0.39, 0.29) is 22.9 Å². The van der Waals surface area contributed by atoms with Crippen molar-refractivity contribution in [1.29, 1.82) is 0 Å². The lowest BCUT2D eigenvalue weighted by Crippen LogP contribution is -2.32. The third-order valence-electron chi connectivity index (χ3n) is 3.95. The normalized spacial score (nSPS) is 17.0. The lowest BCUT2D eigenvalue weighted by Gasteiger charge is -2.14. The molecule has 12 heteroatoms. The number of rotatable bonds is 6. The van der Waals surface area contributed by atoms with Crippen molar-refractivity contribution in [3.63, 3.8) is 0 Å². The van der Waals surface area contributed by atoms with Crippen molar-refractivity contribution in [2.45, 2.75) is 17.2 Å². The van der Waals surface area contributed by atoms with Crippen LogP contribution < -0.4 is 15.5 Å². The number of hydrogen-bond acceptors (Lipinski definition) is 7. The molecule has 2 aromatic rings. The molecular weight excluding hydrogens is 439 g/mol. The highest BCUT2D eigenvalue weighted by atomic mass is 32.2. The van der Waals surface area contributed by atoms with E-state index in [1.165, 1.54) is 29.5 Å². The highest BCUT2D eigenvalue weighted by molar-refractivity contribution is 7.86. The molecule has 2 heterocycles. The first-order chi connectivity index (χ1) is 13.7. The zero-order chi connectivity index (χ0) is 21.1. The fourth-order valence-electron chi connectivity index (χ4n) is 2.57. The Hall–Kier alpha value is -2.44. The smallest absolute Gasteiger partial charge is 0.414 e. The molecular formula is C17H17FN4O4S3. The van der Waals surface area contributed by atoms with E-state index in [1.54, 1.807) is 6.92 Å². The highest BCUT2D eigenvalue weighted by Crippen LogP contribution is 2.25. The standard InChI is InChI=1S/C17H17FN4O4S3/c1-9(27)19-6-11-8-22(17(24)26-11)10-3-4-12(13(18)5-10)15(23)21-16-20-7-14(28-16)29(2)25/h3-5,7,11H,6,8H2,1-2H3,(H,19,27)(H,20,21,23)/t11-,29?/m0/s1. The molecule has 0 saturated carbocycles. The van der Waals surface area contributed by atoms with Crippen LogP contribution in [0.25, 0.3) is 0 Å². The Labute approximate surface area is 177 Å². The molecule has 1 aliphatic rings. The van der Waals surface area contributed by atoms with Crippen LogP contribution in [-0.4, -0.2) is 51.6 Å². The number of ether oxygens (including phenoxy) is 1. The number of thiocarbonyl (C=S) groups is 1. The summed E-state index contributed by atoms with van der Waals surface area (Å²) in [5, 5.41) is 5.62. The summed E-state index contributed by atoms with van der Waals surface area (Å²) in [5.74, 6) is -1.49. The number of anilines is 2. The van der Waals surface area contributed by atoms with Gasteiger partial charge in [-0.05, 0) is 25.1 Å². The molecule has 1 aromatic carbocycles. The van der Waals surface area contributed by atoms with Crippen molar-refractivity contribution in [3.05, 3.63) is 35.8 Å². The molecule has 2 N–H and O–H groups in total. The van der Waals surface area contributed by atoms with Crippen LogP contribution in [0, 0.1) is 5.82 Å². The topological polar surface area (TPSA) is 101 Å². The number of benzene rings is 1. The molecule has 1 unspecified atom stereocenters. The summed E-state index contributed by atoms with van der Waals surface area (Å²) in [4.78, 5) is 30.2. The Morgan fingerprint density at radius 3 is 2.90 bits per heavy atom. The van der Waals surface area contributed by atoms with Crippen LogP contribution in [0.1, 0.15) is 17.3 Å². The lowest BCUT2D eigenvalue weighted by atomic mass is 10.1. The summed E-state index contributed by atoms with van der Waals surface area (Å²) in [6.45, 7) is 2.31. The molecule has 0 radical (unpaired) electrons. The van der Waals surface area contributed by atoms with Gasteiger partial charge in [-0.1, -0.05) is 23.6 Å². The number of hydrogen-bond donors (Lipinski definition) is 2. The number of nitrogens with one attached hydrogen (secondary N) is 2. The maximum absolute atomic E-state index is 14.5. The van der Waals surface area contributed by atoms with Crippen molar-refractivity contribution < 1.29 is 22.9 Å². The van der Waals surface area contributed by atoms with Gasteiger partial charge in [0, 0.05) is 6.26 Å². The van der Waals surface area contributed by atoms with Gasteiger partial charge in [0.2, 0.25) is 0 Å². The Morgan fingerprint density at radius 1 is 1.52 bits per heavy atom. The van der Waals surface area contributed by atoms with Gasteiger partial charge in [0.1, 0.15) is 16.1 Å². The molecule has 1 aliphatic heterocycles. The zero-order valence-electron chi connectivity index (χ0n) is 15.4. The molecule has 0 bridgehead atoms. The molecule has 2 atom stereocenters. The molecule has 154 valence electrons. The fourth-order valence-corrected chi connectivity index (χ4v) is 4.10. The minimum atomic E-state index is -1.22. The van der Waals surface area contributed by atoms with Crippen molar-refractivity contribution in [1.82, 2.24) is 10.3 Å². The van der Waals surface area contributed by atoms with E-state index in [0.717, 1.165) is 17.4 Å². The van der Waals surface area contributed by atoms with Gasteiger partial charge in [0.15, 0.2) is 5.13 Å². The van der Waals surface area contributed by atoms with Crippen LogP contribution in [0.4, 0.5) is 20.0 Å². The molecule has 0 aliphatic carbocycles. The van der Waals surface area contributed by atoms with E-state index in [0.29, 0.717) is 15.7 Å². The maximum Gasteiger partial charge on any atom is 0.414 e. The number of halogens is 1. The minimum Gasteiger partial charge on any atom is -0.442 e. The van der Waals surface area contributed by atoms with E-state index >= 15 is 0 Å². The van der Waals surface area contributed by atoms with E-state index in [1.807, 2.05) is 0 Å². The Balaban J connectivity index is 1.69. The predicted molar refractivity (Wildman–Crippen MR) is 113 cm³/mol. The molecule has 29 heavy (non-hydrogen) atoms. The van der Waals surface area contributed by atoms with Crippen LogP contribution in [0.5, 0.6) is 0 Å². The van der Waals surface area contributed by atoms with Crippen LogP contribution in [0.2, 0.25) is 0 Å². The van der Waals surface area contributed by atoms with E-state index in [2.05, 4.69) is 15.6 Å². The van der Waals surface area contributed by atoms with Crippen LogP contribution >= 0.6 is 23.6 Å². The first kappa shape index (κ1) is 21.3. The fraction of sp³-hybridized carbons (Fsp3) is 0.294. The number of nitrogens with zero attached hydrogens (tertiary/aromatic N) is 2. The minimum absolute atomic E-state index is 0.203. The van der Waals surface area contributed by atoms with Crippen molar-refractivity contribution in [3.8, 4) is 0 Å². The maximum atomic E-state index is 14.5. The van der Waals surface area contributed by atoms with Crippen LogP contribution in [-0.2, 0) is 15.5 Å². The third-order valence-corrected chi connectivity index (χ3v) is 6.43. The van der Waals surface area contributed by atoms with Gasteiger partial charge in [-0.25, -0.2) is 14.2 Å². The van der Waals surface area contributed by atoms with Gasteiger partial charge in [-0.15, -0.1) is 0 Å². The number of carbonyl (C=O) groups is 2. The summed E-state index contributed by atoms with van der Waals surface area (Å²) in [6.07, 6.45) is 1.87. The second-order valence-electron chi connectivity index (χ2n) is 6.11. The quantitative estimate of drug-likeness (QED) is 0.644.